The predicted molar refractivity (Wildman–Crippen MR) is 101 cm³/mol. The summed E-state index contributed by atoms with van der Waals surface area (Å²) in [5, 5.41) is 17.2. The maximum atomic E-state index is 13.0. The Bertz CT molecular complexity index is 740. The number of aliphatic carboxylic acids is 1. The number of amides is 1. The van der Waals surface area contributed by atoms with Crippen molar-refractivity contribution >= 4 is 11.9 Å². The van der Waals surface area contributed by atoms with Gasteiger partial charge in [-0.05, 0) is 26.2 Å². The minimum Gasteiger partial charge on any atom is -0.481 e. The third-order valence-corrected chi connectivity index (χ3v) is 7.11. The molecule has 1 saturated carbocycles. The van der Waals surface area contributed by atoms with Gasteiger partial charge in [0.15, 0.2) is 5.69 Å². The fraction of sp³-hybridized carbons (Fsp3) is 0.750. The molecule has 1 amide bonds. The van der Waals surface area contributed by atoms with E-state index in [1.54, 1.807) is 4.90 Å². The lowest BCUT2D eigenvalue weighted by atomic mass is 9.81. The number of rotatable bonds is 4. The summed E-state index contributed by atoms with van der Waals surface area (Å²) in [4.78, 5) is 29.4. The van der Waals surface area contributed by atoms with Crippen molar-refractivity contribution in [2.24, 2.45) is 11.3 Å². The number of aryl methyl sites for hydroxylation is 1. The van der Waals surface area contributed by atoms with Crippen LogP contribution in [0.3, 0.4) is 0 Å². The fourth-order valence-corrected chi connectivity index (χ4v) is 5.42. The number of aromatic amines is 1. The molecule has 148 valence electrons. The molecule has 3 heterocycles. The number of H-pyrrole nitrogens is 1. The number of likely N-dealkylation sites (tertiary alicyclic amines) is 2. The molecule has 0 spiro atoms. The molecule has 0 bridgehead atoms. The van der Waals surface area contributed by atoms with E-state index in [2.05, 4.69) is 15.1 Å². The fourth-order valence-electron chi connectivity index (χ4n) is 5.42. The zero-order chi connectivity index (χ0) is 19.2. The van der Waals surface area contributed by atoms with Crippen LogP contribution < -0.4 is 0 Å². The number of carbonyl (C=O) groups excluding carboxylic acids is 1. The van der Waals surface area contributed by atoms with Crippen LogP contribution in [-0.2, 0) is 11.2 Å². The van der Waals surface area contributed by atoms with Gasteiger partial charge in [-0.2, -0.15) is 5.10 Å². The van der Waals surface area contributed by atoms with Gasteiger partial charge in [0.05, 0.1) is 0 Å². The highest BCUT2D eigenvalue weighted by Crippen LogP contribution is 2.45. The number of carboxylic acids is 1. The summed E-state index contributed by atoms with van der Waals surface area (Å²) in [6.45, 7) is 6.10. The summed E-state index contributed by atoms with van der Waals surface area (Å²) in [7, 11) is 0. The molecular formula is C20H30N4O3. The van der Waals surface area contributed by atoms with Crippen LogP contribution in [0.5, 0.6) is 0 Å². The molecule has 0 radical (unpaired) electrons. The summed E-state index contributed by atoms with van der Waals surface area (Å²) >= 11 is 0. The molecule has 0 aromatic carbocycles. The second kappa shape index (κ2) is 6.93. The molecule has 3 aliphatic rings. The van der Waals surface area contributed by atoms with Crippen LogP contribution in [0.2, 0.25) is 0 Å². The standard InChI is InChI=1S/C20H30N4O3/c1-3-16-13(2)17(22-21-16)18(25)24-10-14-9-23(15-7-5-4-6-8-15)11-20(14,12-24)19(26)27/h14-15H,3-12H2,1-2H3,(H,21,22)(H,26,27)/t14-,20-/m1/s1. The molecule has 1 aliphatic carbocycles. The van der Waals surface area contributed by atoms with Gasteiger partial charge in [0.25, 0.3) is 5.91 Å². The minimum atomic E-state index is -0.828. The Kier molecular flexibility index (Phi) is 4.74. The molecule has 2 atom stereocenters. The van der Waals surface area contributed by atoms with Gasteiger partial charge in [0.1, 0.15) is 5.41 Å². The van der Waals surface area contributed by atoms with Crippen LogP contribution in [0.25, 0.3) is 0 Å². The summed E-state index contributed by atoms with van der Waals surface area (Å²) < 4.78 is 0. The van der Waals surface area contributed by atoms with E-state index >= 15 is 0 Å². The lowest BCUT2D eigenvalue weighted by Crippen LogP contribution is -2.44. The first-order valence-corrected chi connectivity index (χ1v) is 10.3. The molecular weight excluding hydrogens is 344 g/mol. The van der Waals surface area contributed by atoms with Crippen molar-refractivity contribution in [1.82, 2.24) is 20.0 Å². The Labute approximate surface area is 160 Å². The van der Waals surface area contributed by atoms with Gasteiger partial charge in [-0.25, -0.2) is 0 Å². The van der Waals surface area contributed by atoms with Gasteiger partial charge in [0.2, 0.25) is 0 Å². The molecule has 4 rings (SSSR count). The summed E-state index contributed by atoms with van der Waals surface area (Å²) in [6.07, 6.45) is 6.94. The number of fused-ring (bicyclic) bond motifs is 1. The van der Waals surface area contributed by atoms with E-state index in [-0.39, 0.29) is 11.8 Å². The lowest BCUT2D eigenvalue weighted by Gasteiger charge is -2.33. The smallest absolute Gasteiger partial charge is 0.313 e. The molecule has 7 heteroatoms. The summed E-state index contributed by atoms with van der Waals surface area (Å²) in [5.41, 5.74) is 1.46. The molecule has 0 unspecified atom stereocenters. The number of aromatic nitrogens is 2. The first-order chi connectivity index (χ1) is 13.0. The van der Waals surface area contributed by atoms with E-state index < -0.39 is 11.4 Å². The van der Waals surface area contributed by atoms with Crippen molar-refractivity contribution in [2.75, 3.05) is 26.2 Å². The minimum absolute atomic E-state index is 0.00534. The summed E-state index contributed by atoms with van der Waals surface area (Å²) in [6, 6.07) is 0.519. The van der Waals surface area contributed by atoms with Crippen molar-refractivity contribution in [3.05, 3.63) is 17.0 Å². The second-order valence-corrected chi connectivity index (χ2v) is 8.59. The monoisotopic (exact) mass is 374 g/mol. The molecule has 27 heavy (non-hydrogen) atoms. The SMILES string of the molecule is CCc1[nH]nc(C(=O)N2C[C@H]3CN(C4CCCCC4)C[C@@]3(C(=O)O)C2)c1C. The second-order valence-electron chi connectivity index (χ2n) is 8.59. The number of carboxylic acid groups (broad SMARTS) is 1. The Morgan fingerprint density at radius 2 is 1.96 bits per heavy atom. The average Bonchev–Trinajstić information content (AvgIpc) is 3.32. The Morgan fingerprint density at radius 3 is 2.56 bits per heavy atom. The van der Waals surface area contributed by atoms with Crippen molar-refractivity contribution in [1.29, 1.82) is 0 Å². The zero-order valence-electron chi connectivity index (χ0n) is 16.3. The van der Waals surface area contributed by atoms with Crippen molar-refractivity contribution in [3.63, 3.8) is 0 Å². The molecule has 7 nitrogen and oxygen atoms in total. The molecule has 2 N–H and O–H groups in total. The van der Waals surface area contributed by atoms with Crippen LogP contribution in [0.15, 0.2) is 0 Å². The highest BCUT2D eigenvalue weighted by molar-refractivity contribution is 5.95. The van der Waals surface area contributed by atoms with E-state index in [1.807, 2.05) is 13.8 Å². The number of hydrogen-bond donors (Lipinski definition) is 2. The quantitative estimate of drug-likeness (QED) is 0.842. The van der Waals surface area contributed by atoms with Gasteiger partial charge in [-0.15, -0.1) is 0 Å². The third-order valence-electron chi connectivity index (χ3n) is 7.11. The topological polar surface area (TPSA) is 89.5 Å². The Hall–Kier alpha value is -1.89. The number of carbonyl (C=O) groups is 2. The molecule has 2 saturated heterocycles. The normalized spacial score (nSPS) is 29.3. The number of hydrogen-bond acceptors (Lipinski definition) is 4. The van der Waals surface area contributed by atoms with Crippen LogP contribution in [-0.4, -0.2) is 69.2 Å². The van der Waals surface area contributed by atoms with Crippen molar-refractivity contribution in [3.8, 4) is 0 Å². The van der Waals surface area contributed by atoms with E-state index in [9.17, 15) is 14.7 Å². The van der Waals surface area contributed by atoms with E-state index in [0.29, 0.717) is 31.4 Å². The highest BCUT2D eigenvalue weighted by atomic mass is 16.4. The highest BCUT2D eigenvalue weighted by Gasteiger charge is 2.59. The first-order valence-electron chi connectivity index (χ1n) is 10.3. The Morgan fingerprint density at radius 1 is 1.22 bits per heavy atom. The van der Waals surface area contributed by atoms with Crippen LogP contribution in [0.4, 0.5) is 0 Å². The third kappa shape index (κ3) is 2.96. The number of nitrogens with one attached hydrogen (secondary N) is 1. The average molecular weight is 374 g/mol. The van der Waals surface area contributed by atoms with Gasteiger partial charge >= 0.3 is 5.97 Å². The van der Waals surface area contributed by atoms with Crippen molar-refractivity contribution in [2.45, 2.75) is 58.4 Å². The largest absolute Gasteiger partial charge is 0.481 e. The van der Waals surface area contributed by atoms with Gasteiger partial charge < -0.3 is 10.0 Å². The summed E-state index contributed by atoms with van der Waals surface area (Å²) in [5.74, 6) is -0.887. The molecule has 3 fully saturated rings. The van der Waals surface area contributed by atoms with Gasteiger partial charge in [-0.1, -0.05) is 26.2 Å². The molecule has 1 aromatic rings. The van der Waals surface area contributed by atoms with Gasteiger partial charge in [-0.3, -0.25) is 19.6 Å². The van der Waals surface area contributed by atoms with Gasteiger partial charge in [0, 0.05) is 49.4 Å². The first kappa shape index (κ1) is 18.5. The van der Waals surface area contributed by atoms with Crippen LogP contribution in [0.1, 0.15) is 60.8 Å². The maximum Gasteiger partial charge on any atom is 0.313 e. The van der Waals surface area contributed by atoms with E-state index in [0.717, 1.165) is 24.2 Å². The number of nitrogens with zero attached hydrogens (tertiary/aromatic N) is 3. The van der Waals surface area contributed by atoms with Crippen LogP contribution >= 0.6 is 0 Å². The lowest BCUT2D eigenvalue weighted by molar-refractivity contribution is -0.148. The Balaban J connectivity index is 1.52. The predicted octanol–water partition coefficient (Wildman–Crippen LogP) is 2.07. The zero-order valence-corrected chi connectivity index (χ0v) is 16.3. The molecule has 2 aliphatic heterocycles. The van der Waals surface area contributed by atoms with E-state index in [4.69, 9.17) is 0 Å². The van der Waals surface area contributed by atoms with E-state index in [1.165, 1.54) is 32.1 Å². The molecule has 1 aromatic heterocycles. The van der Waals surface area contributed by atoms with Crippen molar-refractivity contribution < 1.29 is 14.7 Å². The van der Waals surface area contributed by atoms with Crippen LogP contribution in [0, 0.1) is 18.3 Å². The maximum absolute atomic E-state index is 13.0.